The largest absolute Gasteiger partial charge is 0.457 e. The van der Waals surface area contributed by atoms with Crippen molar-refractivity contribution in [2.45, 2.75) is 32.1 Å². The Hall–Kier alpha value is -10.4. The lowest BCUT2D eigenvalue weighted by Crippen LogP contribution is -2.39. The van der Waals surface area contributed by atoms with E-state index < -0.39 is 31.8 Å². The molecule has 0 atom stereocenters. The van der Waals surface area contributed by atoms with Gasteiger partial charge in [-0.05, 0) is 182 Å². The number of benzene rings is 11. The Bertz CT molecular complexity index is 4460. The summed E-state index contributed by atoms with van der Waals surface area (Å²) in [6, 6.07) is 94.4. The van der Waals surface area contributed by atoms with Gasteiger partial charge in [0.05, 0.1) is 33.6 Å². The van der Waals surface area contributed by atoms with Crippen LogP contribution in [0.1, 0.15) is 79.2 Å². The van der Waals surface area contributed by atoms with Crippen molar-refractivity contribution in [3.8, 4) is 23.0 Å². The van der Waals surface area contributed by atoms with E-state index in [4.69, 9.17) is 9.47 Å². The van der Waals surface area contributed by atoms with Gasteiger partial charge < -0.3 is 9.47 Å². The number of carbonyl (C=O) groups is 4. The molecule has 89 heavy (non-hydrogen) atoms. The molecule has 0 spiro atoms. The molecule has 0 N–H and O–H groups in total. The van der Waals surface area contributed by atoms with E-state index in [1.165, 1.54) is 25.7 Å². The number of ether oxygens (including phenoxy) is 2. The summed E-state index contributed by atoms with van der Waals surface area (Å²) in [4.78, 5) is 60.1. The molecular formula is C79H60N2O6P2+2. The first kappa shape index (κ1) is 56.4. The standard InChI is InChI=1S/C79H60N2O6P2/c1-79(2,55-39-43-59(44-40-55)86-61-47-49-71-73(53-61)77(84)80(75(71)82)57-23-21-37-69(51-57)88(63-25-9-3-10-26-63,64-27-11-4-12-28-64)65-29-13-5-14-30-65)56-41-45-60(46-42-56)87-62-48-50-72-74(54-62)78(85)81(76(72)83)58-24-22-38-70(52-58)89(66-31-15-6-16-32-66,67-33-17-7-18-34-67)68-35-19-8-20-36-68/h3-7,9-19,21-54H,8,20H2,1-2H3/q+2. The van der Waals surface area contributed by atoms with E-state index in [-0.39, 0.29) is 22.9 Å². The van der Waals surface area contributed by atoms with Crippen LogP contribution in [-0.2, 0) is 5.41 Å². The SMILES string of the molecule is CC(C)(c1ccc(Oc2ccc3c(c2)C(=O)N(c2cccc([P+](C4=CCCC=C4)(c4ccccc4)c4ccccc4)c2)C3=O)cc1)c1ccc(Oc2ccc3c(c2)C(=O)N(c2cccc([P+](c4ccccc4)(c4ccccc4)c4ccccc4)c2)C3=O)cc1. The van der Waals surface area contributed by atoms with E-state index in [1.54, 1.807) is 36.4 Å². The van der Waals surface area contributed by atoms with E-state index in [0.717, 1.165) is 50.5 Å². The summed E-state index contributed by atoms with van der Waals surface area (Å²) in [5.41, 5.74) is 3.87. The monoisotopic (exact) mass is 1190 g/mol. The lowest BCUT2D eigenvalue weighted by molar-refractivity contribution is 0.0910. The van der Waals surface area contributed by atoms with Crippen LogP contribution in [0.3, 0.4) is 0 Å². The average Bonchev–Trinajstić information content (AvgIpc) is 1.53. The van der Waals surface area contributed by atoms with Crippen LogP contribution in [0.15, 0.2) is 309 Å². The Morgan fingerprint density at radius 1 is 0.326 bits per heavy atom. The minimum Gasteiger partial charge on any atom is -0.457 e. The van der Waals surface area contributed by atoms with Crippen molar-refractivity contribution in [3.05, 3.63) is 342 Å². The summed E-state index contributed by atoms with van der Waals surface area (Å²) < 4.78 is 12.8. The Labute approximate surface area is 519 Å². The Morgan fingerprint density at radius 2 is 0.663 bits per heavy atom. The van der Waals surface area contributed by atoms with E-state index >= 15 is 0 Å². The van der Waals surface area contributed by atoms with Crippen molar-refractivity contribution >= 4 is 86.7 Å². The first-order valence-electron chi connectivity index (χ1n) is 29.8. The number of anilines is 2. The summed E-state index contributed by atoms with van der Waals surface area (Å²) in [6.45, 7) is 4.30. The maximum Gasteiger partial charge on any atom is 0.266 e. The van der Waals surface area contributed by atoms with Crippen molar-refractivity contribution in [3.63, 3.8) is 0 Å². The molecule has 430 valence electrons. The number of imide groups is 2. The molecule has 0 unspecified atom stereocenters. The lowest BCUT2D eigenvalue weighted by Gasteiger charge is -2.30. The van der Waals surface area contributed by atoms with Crippen molar-refractivity contribution in [1.29, 1.82) is 0 Å². The topological polar surface area (TPSA) is 93.2 Å². The highest BCUT2D eigenvalue weighted by Gasteiger charge is 2.51. The molecular weight excluding hydrogens is 1130 g/mol. The molecule has 2 heterocycles. The van der Waals surface area contributed by atoms with Gasteiger partial charge in [0.25, 0.3) is 23.6 Å². The summed E-state index contributed by atoms with van der Waals surface area (Å²) in [5.74, 6) is 0.441. The third-order valence-electron chi connectivity index (χ3n) is 17.4. The molecule has 2 aliphatic heterocycles. The van der Waals surface area contributed by atoms with Gasteiger partial charge in [0.1, 0.15) is 80.0 Å². The molecule has 8 nitrogen and oxygen atoms in total. The molecule has 0 fully saturated rings. The van der Waals surface area contributed by atoms with Crippen molar-refractivity contribution < 1.29 is 28.7 Å². The number of carbonyl (C=O) groups excluding carboxylic acids is 4. The zero-order valence-corrected chi connectivity index (χ0v) is 50.8. The van der Waals surface area contributed by atoms with Crippen LogP contribution in [0.2, 0.25) is 0 Å². The second kappa shape index (κ2) is 23.4. The first-order valence-corrected chi connectivity index (χ1v) is 33.4. The molecule has 4 amide bonds. The minimum atomic E-state index is -2.50. The molecule has 0 saturated heterocycles. The van der Waals surface area contributed by atoms with Crippen LogP contribution in [0, 0.1) is 0 Å². The number of hydrogen-bond acceptors (Lipinski definition) is 6. The number of rotatable bonds is 16. The zero-order valence-electron chi connectivity index (χ0n) is 49.0. The zero-order chi connectivity index (χ0) is 60.7. The van der Waals surface area contributed by atoms with Gasteiger partial charge in [-0.1, -0.05) is 147 Å². The minimum absolute atomic E-state index is 0.277. The predicted octanol–water partition coefficient (Wildman–Crippen LogP) is 15.3. The fourth-order valence-corrected chi connectivity index (χ4v) is 21.6. The van der Waals surface area contributed by atoms with Gasteiger partial charge in [-0.25, -0.2) is 9.80 Å². The Balaban J connectivity index is 0.664. The third kappa shape index (κ3) is 9.92. The normalized spacial score (nSPS) is 13.9. The van der Waals surface area contributed by atoms with Gasteiger partial charge in [-0.2, -0.15) is 0 Å². The van der Waals surface area contributed by atoms with E-state index in [9.17, 15) is 19.2 Å². The molecule has 0 bridgehead atoms. The number of hydrogen-bond donors (Lipinski definition) is 0. The quantitative estimate of drug-likeness (QED) is 0.0707. The van der Waals surface area contributed by atoms with Gasteiger partial charge in [0.2, 0.25) is 0 Å². The molecule has 0 aromatic heterocycles. The number of fused-ring (bicyclic) bond motifs is 2. The van der Waals surface area contributed by atoms with Crippen LogP contribution in [-0.4, -0.2) is 23.6 Å². The van der Waals surface area contributed by atoms with Crippen LogP contribution in [0.25, 0.3) is 0 Å². The maximum absolute atomic E-state index is 14.5. The molecule has 11 aromatic carbocycles. The van der Waals surface area contributed by atoms with Crippen molar-refractivity contribution in [2.75, 3.05) is 9.80 Å². The second-order valence-electron chi connectivity index (χ2n) is 22.9. The van der Waals surface area contributed by atoms with Crippen LogP contribution >= 0.6 is 14.5 Å². The van der Waals surface area contributed by atoms with Gasteiger partial charge in [-0.3, -0.25) is 19.2 Å². The summed E-state index contributed by atoms with van der Waals surface area (Å²) >= 11 is 0. The molecule has 3 aliphatic rings. The lowest BCUT2D eigenvalue weighted by atomic mass is 9.78. The number of amides is 4. The third-order valence-corrected chi connectivity index (χ3v) is 25.9. The van der Waals surface area contributed by atoms with Crippen LogP contribution < -0.4 is 56.4 Å². The van der Waals surface area contributed by atoms with Crippen LogP contribution in [0.4, 0.5) is 11.4 Å². The highest BCUT2D eigenvalue weighted by molar-refractivity contribution is 8.01. The summed E-state index contributed by atoms with van der Waals surface area (Å²) in [5, 5.41) is 9.19. The summed E-state index contributed by atoms with van der Waals surface area (Å²) in [7, 11) is -4.96. The van der Waals surface area contributed by atoms with Crippen LogP contribution in [0.5, 0.6) is 23.0 Å². The van der Waals surface area contributed by atoms with E-state index in [2.05, 4.69) is 166 Å². The van der Waals surface area contributed by atoms with Crippen molar-refractivity contribution in [1.82, 2.24) is 0 Å². The molecule has 14 rings (SSSR count). The molecule has 0 saturated carbocycles. The molecule has 10 heteroatoms. The molecule has 0 radical (unpaired) electrons. The number of nitrogens with zero attached hydrogens (tertiary/aromatic N) is 2. The average molecular weight is 1200 g/mol. The van der Waals surface area contributed by atoms with Gasteiger partial charge in [-0.15, -0.1) is 0 Å². The van der Waals surface area contributed by atoms with E-state index in [1.807, 2.05) is 115 Å². The smallest absolute Gasteiger partial charge is 0.266 e. The number of allylic oxidation sites excluding steroid dienone is 4. The van der Waals surface area contributed by atoms with Gasteiger partial charge in [0.15, 0.2) is 0 Å². The highest BCUT2D eigenvalue weighted by atomic mass is 31.2. The fourth-order valence-electron chi connectivity index (χ4n) is 12.9. The Morgan fingerprint density at radius 3 is 1.03 bits per heavy atom. The van der Waals surface area contributed by atoms with Gasteiger partial charge >= 0.3 is 0 Å². The van der Waals surface area contributed by atoms with Crippen molar-refractivity contribution in [2.24, 2.45) is 0 Å². The van der Waals surface area contributed by atoms with Gasteiger partial charge in [0, 0.05) is 17.5 Å². The van der Waals surface area contributed by atoms with E-state index in [0.29, 0.717) is 45.5 Å². The molecule has 11 aromatic rings. The second-order valence-corrected chi connectivity index (χ2v) is 29.7. The summed E-state index contributed by atoms with van der Waals surface area (Å²) in [6.07, 6.45) is 8.77. The predicted molar refractivity (Wildman–Crippen MR) is 363 cm³/mol. The first-order chi connectivity index (χ1) is 43.5. The fraction of sp³-hybridized carbons (Fsp3) is 0.0633. The molecule has 1 aliphatic carbocycles. The maximum atomic E-state index is 14.5. The highest BCUT2D eigenvalue weighted by Crippen LogP contribution is 2.64. The Kier molecular flexibility index (Phi) is 14.8.